The van der Waals surface area contributed by atoms with Crippen molar-refractivity contribution in [3.8, 4) is 0 Å². The van der Waals surface area contributed by atoms with Gasteiger partial charge in [0, 0.05) is 0 Å². The Bertz CT molecular complexity index is 825. The molecule has 0 spiro atoms. The molecule has 0 unspecified atom stereocenters. The first-order chi connectivity index (χ1) is 14.6. The fourth-order valence-corrected chi connectivity index (χ4v) is 10.8. The molecule has 2 heteroatoms. The molecule has 5 aliphatic rings. The van der Waals surface area contributed by atoms with Crippen LogP contribution in [0.25, 0.3) is 0 Å². The average Bonchev–Trinajstić information content (AvgIpc) is 2.68. The zero-order chi connectivity index (χ0) is 23.5. The van der Waals surface area contributed by atoms with Crippen LogP contribution in [0, 0.1) is 50.2 Å². The van der Waals surface area contributed by atoms with Gasteiger partial charge in [0.2, 0.25) is 0 Å². The second-order valence-electron chi connectivity index (χ2n) is 15.3. The van der Waals surface area contributed by atoms with Crippen molar-refractivity contribution in [1.29, 1.82) is 0 Å². The number of fused-ring (bicyclic) bond motifs is 7. The van der Waals surface area contributed by atoms with Gasteiger partial charge in [0.25, 0.3) is 0 Å². The maximum Gasteiger partial charge on any atom is 0.0852 e. The third kappa shape index (κ3) is 2.78. The predicted octanol–water partition coefficient (Wildman–Crippen LogP) is 7.14. The molecule has 0 aliphatic heterocycles. The van der Waals surface area contributed by atoms with E-state index in [1.165, 1.54) is 51.4 Å². The van der Waals surface area contributed by atoms with Crippen LogP contribution in [-0.2, 0) is 0 Å². The van der Waals surface area contributed by atoms with Gasteiger partial charge in [-0.3, -0.25) is 0 Å². The fraction of sp³-hybridized carbons (Fsp3) is 0.933. The molecule has 9 atom stereocenters. The van der Waals surface area contributed by atoms with Gasteiger partial charge in [-0.25, -0.2) is 0 Å². The minimum Gasteiger partial charge on any atom is -0.390 e. The zero-order valence-corrected chi connectivity index (χ0v) is 22.2. The highest BCUT2D eigenvalue weighted by Gasteiger charge is 2.69. The van der Waals surface area contributed by atoms with Crippen LogP contribution in [0.5, 0.6) is 0 Å². The third-order valence-electron chi connectivity index (χ3n) is 12.9. The molecule has 4 fully saturated rings. The Morgan fingerprint density at radius 1 is 0.719 bits per heavy atom. The molecule has 0 aromatic rings. The molecule has 0 aromatic carbocycles. The molecule has 0 aromatic heterocycles. The zero-order valence-electron chi connectivity index (χ0n) is 22.2. The van der Waals surface area contributed by atoms with Crippen molar-refractivity contribution in [3.63, 3.8) is 0 Å². The van der Waals surface area contributed by atoms with Crippen molar-refractivity contribution < 1.29 is 10.2 Å². The number of hydrogen-bond acceptors (Lipinski definition) is 2. The van der Waals surface area contributed by atoms with Crippen LogP contribution in [0.4, 0.5) is 0 Å². The summed E-state index contributed by atoms with van der Waals surface area (Å²) in [5, 5.41) is 21.9. The van der Waals surface area contributed by atoms with Gasteiger partial charge in [-0.15, -0.1) is 0 Å². The number of hydrogen-bond donors (Lipinski definition) is 2. The largest absolute Gasteiger partial charge is 0.390 e. The molecule has 5 rings (SSSR count). The Hall–Kier alpha value is -0.340. The van der Waals surface area contributed by atoms with E-state index in [2.05, 4.69) is 61.5 Å². The summed E-state index contributed by atoms with van der Waals surface area (Å²) < 4.78 is 0. The van der Waals surface area contributed by atoms with E-state index in [1.807, 2.05) is 5.57 Å². The second-order valence-corrected chi connectivity index (χ2v) is 15.3. The summed E-state index contributed by atoms with van der Waals surface area (Å²) in [7, 11) is 0. The lowest BCUT2D eigenvalue weighted by atomic mass is 9.32. The molecule has 182 valence electrons. The summed E-state index contributed by atoms with van der Waals surface area (Å²) >= 11 is 0. The number of aliphatic hydroxyl groups is 2. The maximum absolute atomic E-state index is 11.0. The summed E-state index contributed by atoms with van der Waals surface area (Å²) in [5.74, 6) is 1.85. The monoisotopic (exact) mass is 442 g/mol. The molecule has 0 heterocycles. The number of allylic oxidation sites excluding steroid dienone is 2. The van der Waals surface area contributed by atoms with Gasteiger partial charge in [-0.05, 0) is 108 Å². The Morgan fingerprint density at radius 2 is 1.38 bits per heavy atom. The minimum atomic E-state index is -0.595. The van der Waals surface area contributed by atoms with Crippen LogP contribution in [0.3, 0.4) is 0 Å². The molecule has 2 N–H and O–H groups in total. The van der Waals surface area contributed by atoms with Crippen LogP contribution in [0.1, 0.15) is 113 Å². The van der Waals surface area contributed by atoms with Gasteiger partial charge in [0.15, 0.2) is 0 Å². The van der Waals surface area contributed by atoms with Gasteiger partial charge < -0.3 is 10.2 Å². The third-order valence-corrected chi connectivity index (χ3v) is 12.9. The molecular weight excluding hydrogens is 392 g/mol. The molecule has 0 radical (unpaired) electrons. The van der Waals surface area contributed by atoms with Gasteiger partial charge in [-0.1, -0.05) is 67.0 Å². The summed E-state index contributed by atoms with van der Waals surface area (Å²) in [5.41, 5.74) is 3.11. The first-order valence-electron chi connectivity index (χ1n) is 13.7. The average molecular weight is 443 g/mol. The van der Waals surface area contributed by atoms with E-state index in [4.69, 9.17) is 0 Å². The number of rotatable bonds is 0. The molecule has 2 nitrogen and oxygen atoms in total. The quantitative estimate of drug-likeness (QED) is 0.391. The van der Waals surface area contributed by atoms with Crippen LogP contribution < -0.4 is 0 Å². The Kier molecular flexibility index (Phi) is 4.87. The summed E-state index contributed by atoms with van der Waals surface area (Å²) in [4.78, 5) is 0. The molecule has 0 saturated heterocycles. The maximum atomic E-state index is 11.0. The van der Waals surface area contributed by atoms with Crippen molar-refractivity contribution in [2.75, 3.05) is 0 Å². The standard InChI is InChI=1S/C30H50O2/c1-25(2)13-14-27(5)15-16-29(7)19(20(27)17-25)9-10-23-28(6)18-21(31)24(32)26(3,4)22(28)11-12-30(23,29)8/h17,19,21-24,31-32H,9-16,18H2,1-8H3/t19-,21+,22+,23-,24-,27-,28+,29-,30-/m1/s1. The van der Waals surface area contributed by atoms with Crippen LogP contribution in [0.2, 0.25) is 0 Å². The molecule has 4 saturated carbocycles. The SMILES string of the molecule is CC1(C)C=C2[C@H]3CC[C@@H]4[C@@]5(C)C[C@H](O)[C@@H](O)C(C)(C)[C@@H]5CC[C@@]4(C)[C@]3(C)CC[C@@]2(C)CC1. The predicted molar refractivity (Wildman–Crippen MR) is 132 cm³/mol. The molecular formula is C30H50O2. The van der Waals surface area contributed by atoms with E-state index >= 15 is 0 Å². The van der Waals surface area contributed by atoms with E-state index in [9.17, 15) is 10.2 Å². The Balaban J connectivity index is 1.57. The minimum absolute atomic E-state index is 0.115. The van der Waals surface area contributed by atoms with Crippen LogP contribution in [0.15, 0.2) is 11.6 Å². The fourth-order valence-electron chi connectivity index (χ4n) is 10.8. The summed E-state index contributed by atoms with van der Waals surface area (Å²) in [6.45, 7) is 19.7. The highest BCUT2D eigenvalue weighted by atomic mass is 16.3. The Labute approximate surface area is 197 Å². The van der Waals surface area contributed by atoms with Gasteiger partial charge >= 0.3 is 0 Å². The first kappa shape index (κ1) is 23.4. The van der Waals surface area contributed by atoms with E-state index in [0.717, 1.165) is 6.42 Å². The highest BCUT2D eigenvalue weighted by Crippen LogP contribution is 2.76. The van der Waals surface area contributed by atoms with Crippen molar-refractivity contribution in [1.82, 2.24) is 0 Å². The van der Waals surface area contributed by atoms with E-state index in [0.29, 0.717) is 39.4 Å². The molecule has 0 bridgehead atoms. The van der Waals surface area contributed by atoms with E-state index < -0.39 is 12.2 Å². The Morgan fingerprint density at radius 3 is 2.06 bits per heavy atom. The van der Waals surface area contributed by atoms with Crippen LogP contribution in [-0.4, -0.2) is 22.4 Å². The normalized spacial score (nSPS) is 56.2. The second kappa shape index (κ2) is 6.66. The smallest absolute Gasteiger partial charge is 0.0852 e. The topological polar surface area (TPSA) is 40.5 Å². The lowest BCUT2D eigenvalue weighted by Crippen LogP contribution is -2.67. The first-order valence-corrected chi connectivity index (χ1v) is 13.7. The van der Waals surface area contributed by atoms with Crippen LogP contribution >= 0.6 is 0 Å². The van der Waals surface area contributed by atoms with E-state index in [-0.39, 0.29) is 10.8 Å². The summed E-state index contributed by atoms with van der Waals surface area (Å²) in [6, 6.07) is 0. The molecule has 0 amide bonds. The van der Waals surface area contributed by atoms with Crippen molar-refractivity contribution >= 4 is 0 Å². The number of aliphatic hydroxyl groups excluding tert-OH is 2. The van der Waals surface area contributed by atoms with Crippen molar-refractivity contribution in [2.24, 2.45) is 50.2 Å². The molecule has 5 aliphatic carbocycles. The lowest BCUT2D eigenvalue weighted by Gasteiger charge is -2.72. The van der Waals surface area contributed by atoms with Gasteiger partial charge in [0.1, 0.15) is 0 Å². The lowest BCUT2D eigenvalue weighted by molar-refractivity contribution is -0.250. The van der Waals surface area contributed by atoms with E-state index in [1.54, 1.807) is 0 Å². The van der Waals surface area contributed by atoms with Gasteiger partial charge in [-0.2, -0.15) is 0 Å². The van der Waals surface area contributed by atoms with Gasteiger partial charge in [0.05, 0.1) is 12.2 Å². The highest BCUT2D eigenvalue weighted by molar-refractivity contribution is 5.31. The van der Waals surface area contributed by atoms with Crippen molar-refractivity contribution in [2.45, 2.75) is 125 Å². The molecule has 32 heavy (non-hydrogen) atoms. The summed E-state index contributed by atoms with van der Waals surface area (Å²) in [6.07, 6.45) is 12.8. The van der Waals surface area contributed by atoms with Crippen molar-refractivity contribution in [3.05, 3.63) is 11.6 Å².